The first-order valence-electron chi connectivity index (χ1n) is 5.47. The molecule has 0 saturated heterocycles. The summed E-state index contributed by atoms with van der Waals surface area (Å²) in [5.74, 6) is -0.170. The Bertz CT molecular complexity index is 541. The summed E-state index contributed by atoms with van der Waals surface area (Å²) in [5, 5.41) is 11.7. The Kier molecular flexibility index (Phi) is 3.64. The maximum Gasteiger partial charge on any atom is 0.265 e. The highest BCUT2D eigenvalue weighted by Gasteiger charge is 2.10. The van der Waals surface area contributed by atoms with E-state index in [0.717, 1.165) is 10.4 Å². The quantitative estimate of drug-likeness (QED) is 0.795. The monoisotopic (exact) mass is 262 g/mol. The molecule has 0 unspecified atom stereocenters. The summed E-state index contributed by atoms with van der Waals surface area (Å²) in [6.45, 7) is 1.88. The molecular formula is C13H14N2O2S. The van der Waals surface area contributed by atoms with Gasteiger partial charge in [0.05, 0.1) is 11.5 Å². The first-order chi connectivity index (χ1) is 8.60. The van der Waals surface area contributed by atoms with Crippen LogP contribution in [0, 0.1) is 6.92 Å². The van der Waals surface area contributed by atoms with Gasteiger partial charge in [0.2, 0.25) is 0 Å². The Morgan fingerprint density at radius 3 is 2.56 bits per heavy atom. The molecule has 5 heteroatoms. The molecule has 1 amide bonds. The summed E-state index contributed by atoms with van der Waals surface area (Å²) >= 11 is 1.37. The molecule has 94 valence electrons. The molecule has 18 heavy (non-hydrogen) atoms. The van der Waals surface area contributed by atoms with E-state index in [1.54, 1.807) is 30.3 Å². The molecule has 0 bridgehead atoms. The van der Waals surface area contributed by atoms with Crippen molar-refractivity contribution in [1.82, 2.24) is 0 Å². The van der Waals surface area contributed by atoms with E-state index < -0.39 is 0 Å². The van der Waals surface area contributed by atoms with Gasteiger partial charge in [-0.05, 0) is 30.7 Å². The second-order valence-electron chi connectivity index (χ2n) is 3.93. The van der Waals surface area contributed by atoms with Crippen LogP contribution in [0.15, 0.2) is 30.3 Å². The Balaban J connectivity index is 2.10. The first kappa shape index (κ1) is 12.6. The molecule has 4 N–H and O–H groups in total. The van der Waals surface area contributed by atoms with Gasteiger partial charge >= 0.3 is 0 Å². The predicted octanol–water partition coefficient (Wildman–Crippen LogP) is 2.38. The van der Waals surface area contributed by atoms with Gasteiger partial charge in [0.1, 0.15) is 0 Å². The van der Waals surface area contributed by atoms with Crippen LogP contribution in [0.5, 0.6) is 0 Å². The van der Waals surface area contributed by atoms with E-state index in [2.05, 4.69) is 5.32 Å². The molecule has 2 aromatic rings. The fourth-order valence-corrected chi connectivity index (χ4v) is 2.33. The van der Waals surface area contributed by atoms with Crippen LogP contribution in [0.4, 0.5) is 11.4 Å². The van der Waals surface area contributed by atoms with Crippen LogP contribution < -0.4 is 11.1 Å². The maximum atomic E-state index is 11.9. The Labute approximate surface area is 109 Å². The number of carbonyl (C=O) groups excluding carboxylic acids is 1. The van der Waals surface area contributed by atoms with Crippen molar-refractivity contribution < 1.29 is 9.90 Å². The summed E-state index contributed by atoms with van der Waals surface area (Å²) in [4.78, 5) is 13.5. The SMILES string of the molecule is Cc1sc(C(=O)Nc2ccc(CO)cc2)cc1N. The number of aliphatic hydroxyl groups is 1. The van der Waals surface area contributed by atoms with E-state index in [9.17, 15) is 4.79 Å². The smallest absolute Gasteiger partial charge is 0.265 e. The fourth-order valence-electron chi connectivity index (χ4n) is 1.49. The molecule has 0 radical (unpaired) electrons. The van der Waals surface area contributed by atoms with Crippen LogP contribution >= 0.6 is 11.3 Å². The lowest BCUT2D eigenvalue weighted by Crippen LogP contribution is -2.10. The maximum absolute atomic E-state index is 11.9. The Hall–Kier alpha value is -1.85. The van der Waals surface area contributed by atoms with Crippen molar-refractivity contribution in [2.45, 2.75) is 13.5 Å². The minimum Gasteiger partial charge on any atom is -0.398 e. The number of thiophene rings is 1. The summed E-state index contributed by atoms with van der Waals surface area (Å²) in [7, 11) is 0. The number of benzene rings is 1. The van der Waals surface area contributed by atoms with Crippen molar-refractivity contribution >= 4 is 28.6 Å². The van der Waals surface area contributed by atoms with Crippen molar-refractivity contribution in [2.75, 3.05) is 11.1 Å². The number of nitrogens with one attached hydrogen (secondary N) is 1. The standard InChI is InChI=1S/C13H14N2O2S/c1-8-11(14)6-12(18-8)13(17)15-10-4-2-9(7-16)3-5-10/h2-6,16H,7,14H2,1H3,(H,15,17). The lowest BCUT2D eigenvalue weighted by Gasteiger charge is -2.04. The lowest BCUT2D eigenvalue weighted by molar-refractivity contribution is 0.103. The van der Waals surface area contributed by atoms with Crippen molar-refractivity contribution in [3.63, 3.8) is 0 Å². The number of nitrogens with two attached hydrogens (primary N) is 1. The lowest BCUT2D eigenvalue weighted by atomic mass is 10.2. The fraction of sp³-hybridized carbons (Fsp3) is 0.154. The average Bonchev–Trinajstić information content (AvgIpc) is 2.71. The molecule has 0 spiro atoms. The van der Waals surface area contributed by atoms with E-state index in [1.807, 2.05) is 6.92 Å². The second kappa shape index (κ2) is 5.20. The van der Waals surface area contributed by atoms with Crippen molar-refractivity contribution in [3.05, 3.63) is 45.6 Å². The number of aryl methyl sites for hydroxylation is 1. The summed E-state index contributed by atoms with van der Waals surface area (Å²) < 4.78 is 0. The number of nitrogen functional groups attached to an aromatic ring is 1. The van der Waals surface area contributed by atoms with Crippen LogP contribution in [0.25, 0.3) is 0 Å². The van der Waals surface area contributed by atoms with E-state index in [1.165, 1.54) is 11.3 Å². The molecule has 0 aliphatic rings. The van der Waals surface area contributed by atoms with Crippen LogP contribution in [-0.4, -0.2) is 11.0 Å². The highest BCUT2D eigenvalue weighted by Crippen LogP contribution is 2.24. The third kappa shape index (κ3) is 2.69. The molecular weight excluding hydrogens is 248 g/mol. The van der Waals surface area contributed by atoms with Gasteiger partial charge in [0.15, 0.2) is 0 Å². The van der Waals surface area contributed by atoms with E-state index >= 15 is 0 Å². The number of hydrogen-bond donors (Lipinski definition) is 3. The number of hydrogen-bond acceptors (Lipinski definition) is 4. The van der Waals surface area contributed by atoms with Gasteiger partial charge in [-0.2, -0.15) is 0 Å². The third-order valence-electron chi connectivity index (χ3n) is 2.57. The number of aliphatic hydroxyl groups excluding tert-OH is 1. The van der Waals surface area contributed by atoms with Gasteiger partial charge in [-0.25, -0.2) is 0 Å². The molecule has 2 rings (SSSR count). The van der Waals surface area contributed by atoms with Crippen molar-refractivity contribution in [1.29, 1.82) is 0 Å². The van der Waals surface area contributed by atoms with E-state index in [4.69, 9.17) is 10.8 Å². The average molecular weight is 262 g/mol. The van der Waals surface area contributed by atoms with Crippen LogP contribution in [-0.2, 0) is 6.61 Å². The van der Waals surface area contributed by atoms with Crippen LogP contribution in [0.3, 0.4) is 0 Å². The highest BCUT2D eigenvalue weighted by molar-refractivity contribution is 7.14. The zero-order valence-electron chi connectivity index (χ0n) is 9.93. The molecule has 0 aliphatic carbocycles. The molecule has 0 atom stereocenters. The van der Waals surface area contributed by atoms with Gasteiger partial charge in [-0.1, -0.05) is 12.1 Å². The first-order valence-corrected chi connectivity index (χ1v) is 6.29. The van der Waals surface area contributed by atoms with Crippen LogP contribution in [0.1, 0.15) is 20.1 Å². The summed E-state index contributed by atoms with van der Waals surface area (Å²) in [6.07, 6.45) is 0. The van der Waals surface area contributed by atoms with Gasteiger partial charge in [0, 0.05) is 16.3 Å². The third-order valence-corrected chi connectivity index (χ3v) is 3.64. The second-order valence-corrected chi connectivity index (χ2v) is 5.19. The molecule has 1 aromatic heterocycles. The highest BCUT2D eigenvalue weighted by atomic mass is 32.1. The van der Waals surface area contributed by atoms with Gasteiger partial charge in [-0.15, -0.1) is 11.3 Å². The minimum absolute atomic E-state index is 0.00508. The molecule has 0 saturated carbocycles. The van der Waals surface area contributed by atoms with Crippen molar-refractivity contribution in [3.8, 4) is 0 Å². The van der Waals surface area contributed by atoms with Gasteiger partial charge < -0.3 is 16.2 Å². The number of amides is 1. The van der Waals surface area contributed by atoms with E-state index in [-0.39, 0.29) is 12.5 Å². The normalized spacial score (nSPS) is 10.3. The molecule has 0 aliphatic heterocycles. The molecule has 1 heterocycles. The number of anilines is 2. The predicted molar refractivity (Wildman–Crippen MR) is 73.8 cm³/mol. The minimum atomic E-state index is -0.170. The largest absolute Gasteiger partial charge is 0.398 e. The number of carbonyl (C=O) groups is 1. The van der Waals surface area contributed by atoms with Crippen molar-refractivity contribution in [2.24, 2.45) is 0 Å². The number of rotatable bonds is 3. The summed E-state index contributed by atoms with van der Waals surface area (Å²) in [6, 6.07) is 8.73. The topological polar surface area (TPSA) is 75.3 Å². The zero-order chi connectivity index (χ0) is 13.1. The molecule has 1 aromatic carbocycles. The molecule has 4 nitrogen and oxygen atoms in total. The van der Waals surface area contributed by atoms with E-state index in [0.29, 0.717) is 16.3 Å². The summed E-state index contributed by atoms with van der Waals surface area (Å²) in [5.41, 5.74) is 7.86. The zero-order valence-corrected chi connectivity index (χ0v) is 10.8. The molecule has 0 fully saturated rings. The van der Waals surface area contributed by atoms with Crippen LogP contribution in [0.2, 0.25) is 0 Å². The Morgan fingerprint density at radius 2 is 2.06 bits per heavy atom. The van der Waals surface area contributed by atoms with Gasteiger partial charge in [-0.3, -0.25) is 4.79 Å². The Morgan fingerprint density at radius 1 is 1.39 bits per heavy atom. The van der Waals surface area contributed by atoms with Gasteiger partial charge in [0.25, 0.3) is 5.91 Å².